The molecule has 0 atom stereocenters. The summed E-state index contributed by atoms with van der Waals surface area (Å²) in [5.74, 6) is -0.834. The van der Waals surface area contributed by atoms with Crippen LogP contribution in [0.2, 0.25) is 0 Å². The van der Waals surface area contributed by atoms with Gasteiger partial charge >= 0.3 is 11.9 Å². The summed E-state index contributed by atoms with van der Waals surface area (Å²) in [5, 5.41) is 0. The lowest BCUT2D eigenvalue weighted by Crippen LogP contribution is -2.29. The predicted molar refractivity (Wildman–Crippen MR) is 138 cm³/mol. The quantitative estimate of drug-likeness (QED) is 0.335. The van der Waals surface area contributed by atoms with E-state index in [1.54, 1.807) is 13.8 Å². The standard InChI is InChI=1S/C28H38N2O4/c1-21(26(31)33-18-16-22-8-12-24(13-9-22)29(4)5)20-28(2,3)27(32)34-19-17-23-10-14-25(15-11-23)30(6)7/h8-15H,1,16-20H2,2-7H3. The van der Waals surface area contributed by atoms with Crippen LogP contribution in [-0.4, -0.2) is 53.3 Å². The van der Waals surface area contributed by atoms with Gasteiger partial charge in [-0.2, -0.15) is 0 Å². The smallest absolute Gasteiger partial charge is 0.333 e. The second kappa shape index (κ2) is 12.3. The summed E-state index contributed by atoms with van der Waals surface area (Å²) in [6.45, 7) is 7.89. The number of hydrogen-bond acceptors (Lipinski definition) is 6. The van der Waals surface area contributed by atoms with Gasteiger partial charge in [0.05, 0.1) is 18.6 Å². The SMILES string of the molecule is C=C(CC(C)(C)C(=O)OCCc1ccc(N(C)C)cc1)C(=O)OCCc1ccc(N(C)C)cc1. The van der Waals surface area contributed by atoms with Gasteiger partial charge in [-0.3, -0.25) is 4.79 Å². The molecular weight excluding hydrogens is 428 g/mol. The van der Waals surface area contributed by atoms with Crippen molar-refractivity contribution in [2.75, 3.05) is 51.2 Å². The van der Waals surface area contributed by atoms with Gasteiger partial charge in [-0.05, 0) is 55.7 Å². The zero-order valence-corrected chi connectivity index (χ0v) is 21.4. The molecule has 34 heavy (non-hydrogen) atoms. The minimum atomic E-state index is -0.868. The van der Waals surface area contributed by atoms with Crippen LogP contribution in [0.5, 0.6) is 0 Å². The average molecular weight is 467 g/mol. The van der Waals surface area contributed by atoms with E-state index in [1.165, 1.54) is 0 Å². The van der Waals surface area contributed by atoms with Crippen molar-refractivity contribution in [3.63, 3.8) is 0 Å². The molecule has 6 nitrogen and oxygen atoms in total. The third-order valence-electron chi connectivity index (χ3n) is 5.65. The lowest BCUT2D eigenvalue weighted by molar-refractivity contribution is -0.154. The van der Waals surface area contributed by atoms with Gasteiger partial charge in [0.15, 0.2) is 0 Å². The molecule has 184 valence electrons. The monoisotopic (exact) mass is 466 g/mol. The van der Waals surface area contributed by atoms with Gasteiger partial charge in [0.25, 0.3) is 0 Å². The Morgan fingerprint density at radius 2 is 1.18 bits per heavy atom. The highest BCUT2D eigenvalue weighted by Gasteiger charge is 2.32. The van der Waals surface area contributed by atoms with E-state index in [2.05, 4.69) is 6.58 Å². The summed E-state index contributed by atoms with van der Waals surface area (Å²) in [5.41, 5.74) is 3.82. The van der Waals surface area contributed by atoms with E-state index in [4.69, 9.17) is 9.47 Å². The fourth-order valence-electron chi connectivity index (χ4n) is 3.42. The first-order valence-electron chi connectivity index (χ1n) is 11.5. The summed E-state index contributed by atoms with van der Waals surface area (Å²) in [6, 6.07) is 16.2. The maximum absolute atomic E-state index is 12.6. The molecule has 0 heterocycles. The Morgan fingerprint density at radius 3 is 1.59 bits per heavy atom. The third kappa shape index (κ3) is 8.25. The summed E-state index contributed by atoms with van der Waals surface area (Å²) in [4.78, 5) is 29.0. The van der Waals surface area contributed by atoms with Crippen molar-refractivity contribution >= 4 is 23.3 Å². The number of anilines is 2. The number of carbonyl (C=O) groups is 2. The first-order valence-corrected chi connectivity index (χ1v) is 11.5. The maximum Gasteiger partial charge on any atom is 0.333 e. The summed E-state index contributed by atoms with van der Waals surface area (Å²) < 4.78 is 10.9. The molecule has 0 aromatic heterocycles. The van der Waals surface area contributed by atoms with Crippen LogP contribution >= 0.6 is 0 Å². The number of hydrogen-bond donors (Lipinski definition) is 0. The molecule has 2 aromatic rings. The Balaban J connectivity index is 1.74. The van der Waals surface area contributed by atoms with Crippen LogP contribution in [0.15, 0.2) is 60.7 Å². The van der Waals surface area contributed by atoms with E-state index in [9.17, 15) is 9.59 Å². The Labute approximate surface area is 204 Å². The molecule has 2 rings (SSSR count). The molecule has 6 heteroatoms. The second-order valence-electron chi connectivity index (χ2n) is 9.56. The zero-order valence-electron chi connectivity index (χ0n) is 21.4. The first kappa shape index (κ1) is 27.0. The number of benzene rings is 2. The second-order valence-corrected chi connectivity index (χ2v) is 9.56. The van der Waals surface area contributed by atoms with Crippen molar-refractivity contribution in [1.82, 2.24) is 0 Å². The Kier molecular flexibility index (Phi) is 9.72. The molecule has 0 radical (unpaired) electrons. The van der Waals surface area contributed by atoms with Crippen LogP contribution in [0.4, 0.5) is 11.4 Å². The molecular formula is C28H38N2O4. The summed E-state index contributed by atoms with van der Waals surface area (Å²) in [7, 11) is 7.96. The van der Waals surface area contributed by atoms with Gasteiger partial charge in [0.2, 0.25) is 0 Å². The highest BCUT2D eigenvalue weighted by atomic mass is 16.5. The number of nitrogens with zero attached hydrogens (tertiary/aromatic N) is 2. The van der Waals surface area contributed by atoms with Gasteiger partial charge < -0.3 is 19.3 Å². The van der Waals surface area contributed by atoms with Gasteiger partial charge in [-0.1, -0.05) is 30.8 Å². The van der Waals surface area contributed by atoms with Crippen LogP contribution in [0.1, 0.15) is 31.4 Å². The third-order valence-corrected chi connectivity index (χ3v) is 5.65. The van der Waals surface area contributed by atoms with Crippen molar-refractivity contribution in [3.05, 3.63) is 71.8 Å². The zero-order chi connectivity index (χ0) is 25.3. The van der Waals surface area contributed by atoms with E-state index >= 15 is 0 Å². The van der Waals surface area contributed by atoms with Crippen molar-refractivity contribution in [2.45, 2.75) is 33.1 Å². The van der Waals surface area contributed by atoms with Gasteiger partial charge in [-0.25, -0.2) is 4.79 Å². The Morgan fingerprint density at radius 1 is 0.765 bits per heavy atom. The lowest BCUT2D eigenvalue weighted by Gasteiger charge is -2.23. The van der Waals surface area contributed by atoms with Crippen LogP contribution in [0.25, 0.3) is 0 Å². The van der Waals surface area contributed by atoms with Crippen LogP contribution in [0.3, 0.4) is 0 Å². The van der Waals surface area contributed by atoms with Crippen LogP contribution in [-0.2, 0) is 31.9 Å². The number of esters is 2. The largest absolute Gasteiger partial charge is 0.465 e. The molecule has 0 amide bonds. The molecule has 0 aliphatic rings. The molecule has 0 spiro atoms. The molecule has 0 N–H and O–H groups in total. The molecule has 0 aliphatic carbocycles. The molecule has 0 saturated carbocycles. The summed E-state index contributed by atoms with van der Waals surface area (Å²) >= 11 is 0. The number of carbonyl (C=O) groups excluding carboxylic acids is 2. The Hall–Kier alpha value is -3.28. The van der Waals surface area contributed by atoms with E-state index < -0.39 is 11.4 Å². The molecule has 0 unspecified atom stereocenters. The van der Waals surface area contributed by atoms with E-state index in [0.717, 1.165) is 22.5 Å². The minimum absolute atomic E-state index is 0.180. The van der Waals surface area contributed by atoms with E-state index in [0.29, 0.717) is 12.8 Å². The lowest BCUT2D eigenvalue weighted by atomic mass is 9.86. The van der Waals surface area contributed by atoms with Crippen molar-refractivity contribution in [2.24, 2.45) is 5.41 Å². The van der Waals surface area contributed by atoms with Gasteiger partial charge in [-0.15, -0.1) is 0 Å². The number of rotatable bonds is 12. The molecule has 0 bridgehead atoms. The molecule has 0 aliphatic heterocycles. The van der Waals surface area contributed by atoms with Crippen molar-refractivity contribution in [1.29, 1.82) is 0 Å². The van der Waals surface area contributed by atoms with Crippen LogP contribution in [0, 0.1) is 5.41 Å². The maximum atomic E-state index is 12.6. The van der Waals surface area contributed by atoms with Gasteiger partial charge in [0.1, 0.15) is 0 Å². The van der Waals surface area contributed by atoms with Gasteiger partial charge in [0, 0.05) is 58.0 Å². The first-order chi connectivity index (χ1) is 16.0. The fraction of sp³-hybridized carbons (Fsp3) is 0.429. The Bertz CT molecular complexity index is 961. The topological polar surface area (TPSA) is 59.1 Å². The normalized spacial score (nSPS) is 11.0. The highest BCUT2D eigenvalue weighted by molar-refractivity contribution is 5.89. The molecule has 2 aromatic carbocycles. The van der Waals surface area contributed by atoms with Crippen LogP contribution < -0.4 is 9.80 Å². The number of ether oxygens (including phenoxy) is 2. The highest BCUT2D eigenvalue weighted by Crippen LogP contribution is 2.27. The minimum Gasteiger partial charge on any atom is -0.465 e. The van der Waals surface area contributed by atoms with Crippen molar-refractivity contribution < 1.29 is 19.1 Å². The molecule has 0 saturated heterocycles. The fourth-order valence-corrected chi connectivity index (χ4v) is 3.42. The van der Waals surface area contributed by atoms with E-state index in [-0.39, 0.29) is 31.2 Å². The van der Waals surface area contributed by atoms with Crippen molar-refractivity contribution in [3.8, 4) is 0 Å². The summed E-state index contributed by atoms with van der Waals surface area (Å²) in [6.07, 6.45) is 1.43. The molecule has 0 fully saturated rings. The predicted octanol–water partition coefficient (Wildman–Crippen LogP) is 4.66. The average Bonchev–Trinajstić information content (AvgIpc) is 2.79. The van der Waals surface area contributed by atoms with E-state index in [1.807, 2.05) is 86.5 Å².